The third kappa shape index (κ3) is 5.37. The summed E-state index contributed by atoms with van der Waals surface area (Å²) in [7, 11) is -3.37. The Hall–Kier alpha value is -1.27. The molecule has 0 saturated heterocycles. The number of rotatable bonds is 6. The number of carbonyl (C=O) groups is 1. The van der Waals surface area contributed by atoms with Crippen LogP contribution in [0.2, 0.25) is 0 Å². The van der Waals surface area contributed by atoms with Gasteiger partial charge in [0.05, 0.1) is 17.6 Å². The minimum atomic E-state index is -3.37. The van der Waals surface area contributed by atoms with Crippen molar-refractivity contribution in [3.63, 3.8) is 0 Å². The SMILES string of the molecule is CS(=O)(=O)Nc1ccccc1NC(=O)CCCCl. The Morgan fingerprint density at radius 2 is 1.89 bits per heavy atom. The number of carbonyl (C=O) groups excluding carboxylic acids is 1. The molecule has 1 amide bonds. The Bertz CT molecular complexity index is 517. The fourth-order valence-corrected chi connectivity index (χ4v) is 2.03. The van der Waals surface area contributed by atoms with Gasteiger partial charge in [0.1, 0.15) is 0 Å². The van der Waals surface area contributed by atoms with E-state index in [-0.39, 0.29) is 5.91 Å². The van der Waals surface area contributed by atoms with E-state index in [0.717, 1.165) is 6.26 Å². The van der Waals surface area contributed by atoms with Crippen LogP contribution in [-0.4, -0.2) is 26.5 Å². The molecule has 7 heteroatoms. The first kappa shape index (κ1) is 14.8. The van der Waals surface area contributed by atoms with Gasteiger partial charge in [-0.2, -0.15) is 0 Å². The topological polar surface area (TPSA) is 75.3 Å². The second-order valence-corrected chi connectivity index (χ2v) is 5.89. The molecule has 1 aromatic rings. The Labute approximate surface area is 112 Å². The fourth-order valence-electron chi connectivity index (χ4n) is 1.32. The molecule has 1 rings (SSSR count). The second-order valence-electron chi connectivity index (χ2n) is 3.76. The second kappa shape index (κ2) is 6.61. The summed E-state index contributed by atoms with van der Waals surface area (Å²) >= 11 is 5.50. The van der Waals surface area contributed by atoms with Crippen LogP contribution in [0.3, 0.4) is 0 Å². The van der Waals surface area contributed by atoms with Crippen LogP contribution in [0.4, 0.5) is 11.4 Å². The molecule has 0 bridgehead atoms. The molecule has 0 spiro atoms. The molecule has 0 atom stereocenters. The molecule has 0 fully saturated rings. The van der Waals surface area contributed by atoms with Crippen molar-refractivity contribution in [1.29, 1.82) is 0 Å². The summed E-state index contributed by atoms with van der Waals surface area (Å²) in [5, 5.41) is 2.64. The van der Waals surface area contributed by atoms with E-state index in [1.54, 1.807) is 24.3 Å². The molecule has 0 aliphatic heterocycles. The van der Waals surface area contributed by atoms with E-state index in [1.165, 1.54) is 0 Å². The standard InChI is InChI=1S/C11H15ClN2O3S/c1-18(16,17)14-10-6-3-2-5-9(10)13-11(15)7-4-8-12/h2-3,5-6,14H,4,7-8H2,1H3,(H,13,15). The Morgan fingerprint density at radius 1 is 1.28 bits per heavy atom. The van der Waals surface area contributed by atoms with Crippen molar-refractivity contribution in [2.75, 3.05) is 22.2 Å². The molecule has 0 unspecified atom stereocenters. The van der Waals surface area contributed by atoms with Gasteiger partial charge in [0.2, 0.25) is 15.9 Å². The number of benzene rings is 1. The van der Waals surface area contributed by atoms with E-state index in [4.69, 9.17) is 11.6 Å². The van der Waals surface area contributed by atoms with Crippen LogP contribution in [0.25, 0.3) is 0 Å². The van der Waals surface area contributed by atoms with Crippen LogP contribution in [0.1, 0.15) is 12.8 Å². The highest BCUT2D eigenvalue weighted by atomic mass is 35.5. The van der Waals surface area contributed by atoms with E-state index < -0.39 is 10.0 Å². The Balaban J connectivity index is 2.79. The average Bonchev–Trinajstić information content (AvgIpc) is 2.27. The zero-order valence-electron chi connectivity index (χ0n) is 9.94. The van der Waals surface area contributed by atoms with E-state index in [1.807, 2.05) is 0 Å². The number of hydrogen-bond donors (Lipinski definition) is 2. The molecule has 5 nitrogen and oxygen atoms in total. The molecule has 0 aliphatic rings. The molecule has 0 saturated carbocycles. The lowest BCUT2D eigenvalue weighted by Gasteiger charge is -2.11. The predicted octanol–water partition coefficient (Wildman–Crippen LogP) is 2.02. The van der Waals surface area contributed by atoms with E-state index >= 15 is 0 Å². The van der Waals surface area contributed by atoms with E-state index in [0.29, 0.717) is 30.1 Å². The van der Waals surface area contributed by atoms with Gasteiger partial charge in [0, 0.05) is 12.3 Å². The lowest BCUT2D eigenvalue weighted by atomic mass is 10.2. The number of nitrogens with one attached hydrogen (secondary N) is 2. The maximum Gasteiger partial charge on any atom is 0.229 e. The van der Waals surface area contributed by atoms with Crippen molar-refractivity contribution < 1.29 is 13.2 Å². The van der Waals surface area contributed by atoms with Crippen molar-refractivity contribution >= 4 is 38.9 Å². The van der Waals surface area contributed by atoms with Gasteiger partial charge in [-0.15, -0.1) is 11.6 Å². The van der Waals surface area contributed by atoms with E-state index in [2.05, 4.69) is 10.0 Å². The molecule has 2 N–H and O–H groups in total. The summed E-state index contributed by atoms with van der Waals surface area (Å²) in [6.45, 7) is 0. The molecular formula is C11H15ClN2O3S. The summed E-state index contributed by atoms with van der Waals surface area (Å²) < 4.78 is 24.7. The van der Waals surface area contributed by atoms with Crippen LogP contribution < -0.4 is 10.0 Å². The molecule has 0 aromatic heterocycles. The van der Waals surface area contributed by atoms with Crippen molar-refractivity contribution in [3.05, 3.63) is 24.3 Å². The quantitative estimate of drug-likeness (QED) is 0.787. The van der Waals surface area contributed by atoms with Gasteiger partial charge in [-0.3, -0.25) is 9.52 Å². The molecule has 0 radical (unpaired) electrons. The first-order valence-electron chi connectivity index (χ1n) is 5.35. The molecule has 18 heavy (non-hydrogen) atoms. The summed E-state index contributed by atoms with van der Waals surface area (Å²) in [6.07, 6.45) is 1.94. The summed E-state index contributed by atoms with van der Waals surface area (Å²) in [5.41, 5.74) is 0.779. The van der Waals surface area contributed by atoms with Gasteiger partial charge in [0.25, 0.3) is 0 Å². The number of halogens is 1. The van der Waals surface area contributed by atoms with Crippen molar-refractivity contribution in [3.8, 4) is 0 Å². The first-order valence-corrected chi connectivity index (χ1v) is 7.77. The Morgan fingerprint density at radius 3 is 2.44 bits per heavy atom. The number of sulfonamides is 1. The first-order chi connectivity index (χ1) is 8.42. The molecule has 1 aromatic carbocycles. The lowest BCUT2D eigenvalue weighted by molar-refractivity contribution is -0.116. The monoisotopic (exact) mass is 290 g/mol. The van der Waals surface area contributed by atoms with Crippen LogP contribution in [-0.2, 0) is 14.8 Å². The highest BCUT2D eigenvalue weighted by molar-refractivity contribution is 7.92. The third-order valence-electron chi connectivity index (χ3n) is 2.03. The summed E-state index contributed by atoms with van der Waals surface area (Å²) in [4.78, 5) is 11.5. The van der Waals surface area contributed by atoms with Gasteiger partial charge < -0.3 is 5.32 Å². The minimum absolute atomic E-state index is 0.196. The van der Waals surface area contributed by atoms with Gasteiger partial charge in [-0.25, -0.2) is 8.42 Å². The molecule has 0 aliphatic carbocycles. The molecular weight excluding hydrogens is 276 g/mol. The van der Waals surface area contributed by atoms with Crippen molar-refractivity contribution in [2.45, 2.75) is 12.8 Å². The minimum Gasteiger partial charge on any atom is -0.324 e. The van der Waals surface area contributed by atoms with E-state index in [9.17, 15) is 13.2 Å². The number of para-hydroxylation sites is 2. The maximum absolute atomic E-state index is 11.5. The van der Waals surface area contributed by atoms with Crippen molar-refractivity contribution in [1.82, 2.24) is 0 Å². The van der Waals surface area contributed by atoms with Crippen molar-refractivity contribution in [2.24, 2.45) is 0 Å². The van der Waals surface area contributed by atoms with Crippen LogP contribution in [0.15, 0.2) is 24.3 Å². The largest absolute Gasteiger partial charge is 0.324 e. The van der Waals surface area contributed by atoms with Gasteiger partial charge in [0.15, 0.2) is 0 Å². The predicted molar refractivity (Wildman–Crippen MR) is 73.5 cm³/mol. The highest BCUT2D eigenvalue weighted by Gasteiger charge is 2.09. The lowest BCUT2D eigenvalue weighted by Crippen LogP contribution is -2.15. The number of amides is 1. The fraction of sp³-hybridized carbons (Fsp3) is 0.364. The molecule has 100 valence electrons. The Kier molecular flexibility index (Phi) is 5.43. The van der Waals surface area contributed by atoms with Crippen LogP contribution in [0.5, 0.6) is 0 Å². The van der Waals surface area contributed by atoms with Crippen LogP contribution in [0, 0.1) is 0 Å². The highest BCUT2D eigenvalue weighted by Crippen LogP contribution is 2.22. The van der Waals surface area contributed by atoms with Gasteiger partial charge >= 0.3 is 0 Å². The average molecular weight is 291 g/mol. The maximum atomic E-state index is 11.5. The number of hydrogen-bond acceptors (Lipinski definition) is 3. The third-order valence-corrected chi connectivity index (χ3v) is 2.89. The number of alkyl halides is 1. The summed E-state index contributed by atoms with van der Waals surface area (Å²) in [6, 6.07) is 6.61. The van der Waals surface area contributed by atoms with Gasteiger partial charge in [-0.05, 0) is 18.6 Å². The zero-order valence-corrected chi connectivity index (χ0v) is 11.5. The number of anilines is 2. The normalized spacial score (nSPS) is 11.0. The smallest absolute Gasteiger partial charge is 0.229 e. The molecule has 0 heterocycles. The summed E-state index contributed by atoms with van der Waals surface area (Å²) in [5.74, 6) is 0.217. The van der Waals surface area contributed by atoms with Gasteiger partial charge in [-0.1, -0.05) is 12.1 Å². The van der Waals surface area contributed by atoms with Crippen LogP contribution >= 0.6 is 11.6 Å². The zero-order chi connectivity index (χ0) is 13.6.